The molecule has 1 aliphatic heterocycles. The van der Waals surface area contributed by atoms with Crippen LogP contribution >= 0.6 is 0 Å². The molecule has 3 heteroatoms. The molecule has 0 aliphatic carbocycles. The second-order valence-electron chi connectivity index (χ2n) is 1.86. The van der Waals surface area contributed by atoms with Crippen LogP contribution in [0.25, 0.3) is 6.20 Å². The molecule has 0 saturated carbocycles. The first kappa shape index (κ1) is 4.49. The number of hydrogen-bond donors (Lipinski definition) is 1. The highest BCUT2D eigenvalue weighted by Crippen LogP contribution is 1.96. The lowest BCUT2D eigenvalue weighted by Gasteiger charge is -1.95. The van der Waals surface area contributed by atoms with Crippen molar-refractivity contribution < 1.29 is 5.11 Å². The molecular weight excluding hydrogens is 116 g/mol. The predicted molar refractivity (Wildman–Crippen MR) is 31.1 cm³/mol. The standard InChI is InChI=1S/C6H4N2O/c9-5-1-4-2-7-6(4)8-3-5/h1-3,9H. The van der Waals surface area contributed by atoms with Crippen LogP contribution in [0.3, 0.4) is 0 Å². The van der Waals surface area contributed by atoms with Crippen molar-refractivity contribution >= 4 is 6.20 Å². The molecule has 0 spiro atoms. The van der Waals surface area contributed by atoms with E-state index in [2.05, 4.69) is 9.98 Å². The predicted octanol–water partition coefficient (Wildman–Crippen LogP) is -0.842. The summed E-state index contributed by atoms with van der Waals surface area (Å²) in [7, 11) is 0. The van der Waals surface area contributed by atoms with Gasteiger partial charge < -0.3 is 5.11 Å². The number of pyridine rings is 1. The molecule has 1 aliphatic rings. The van der Waals surface area contributed by atoms with Gasteiger partial charge in [-0.2, -0.15) is 0 Å². The average molecular weight is 120 g/mol. The molecule has 1 N–H and O–H groups in total. The molecule has 1 aromatic heterocycles. The average Bonchev–Trinajstić information content (AvgIpc) is 1.78. The van der Waals surface area contributed by atoms with Crippen LogP contribution in [-0.4, -0.2) is 10.1 Å². The minimum atomic E-state index is 0.194. The lowest BCUT2D eigenvalue weighted by atomic mass is 10.3. The van der Waals surface area contributed by atoms with E-state index in [0.29, 0.717) is 5.49 Å². The molecule has 1 aromatic rings. The highest BCUT2D eigenvalue weighted by atomic mass is 16.3. The first-order chi connectivity index (χ1) is 4.36. The smallest absolute Gasteiger partial charge is 0.160 e. The lowest BCUT2D eigenvalue weighted by Crippen LogP contribution is -2.33. The minimum Gasteiger partial charge on any atom is -0.506 e. The van der Waals surface area contributed by atoms with Crippen molar-refractivity contribution in [3.8, 4) is 5.75 Å². The zero-order valence-electron chi connectivity index (χ0n) is 4.57. The van der Waals surface area contributed by atoms with E-state index in [-0.39, 0.29) is 5.75 Å². The molecule has 9 heavy (non-hydrogen) atoms. The molecule has 0 bridgehead atoms. The van der Waals surface area contributed by atoms with Gasteiger partial charge in [0.2, 0.25) is 0 Å². The third-order valence-electron chi connectivity index (χ3n) is 1.21. The highest BCUT2D eigenvalue weighted by molar-refractivity contribution is 5.30. The largest absolute Gasteiger partial charge is 0.506 e. The summed E-state index contributed by atoms with van der Waals surface area (Å²) in [5.74, 6) is 0.194. The molecule has 44 valence electrons. The van der Waals surface area contributed by atoms with Gasteiger partial charge in [0.1, 0.15) is 5.75 Å². The molecule has 0 aromatic carbocycles. The minimum absolute atomic E-state index is 0.194. The summed E-state index contributed by atoms with van der Waals surface area (Å²) in [6, 6.07) is 1.63. The Morgan fingerprint density at radius 1 is 1.44 bits per heavy atom. The monoisotopic (exact) mass is 120 g/mol. The number of hydrogen-bond acceptors (Lipinski definition) is 3. The van der Waals surface area contributed by atoms with Crippen LogP contribution in [0.4, 0.5) is 0 Å². The summed E-state index contributed by atoms with van der Waals surface area (Å²) in [4.78, 5) is 7.64. The molecule has 0 amide bonds. The van der Waals surface area contributed by atoms with Gasteiger partial charge in [-0.3, -0.25) is 0 Å². The number of aromatic hydroxyl groups is 1. The Labute approximate surface area is 51.0 Å². The van der Waals surface area contributed by atoms with Crippen molar-refractivity contribution in [1.29, 1.82) is 0 Å². The molecule has 0 fully saturated rings. The Morgan fingerprint density at radius 3 is 2.78 bits per heavy atom. The summed E-state index contributed by atoms with van der Waals surface area (Å²) >= 11 is 0. The number of nitrogens with zero attached hydrogens (tertiary/aromatic N) is 2. The topological polar surface area (TPSA) is 45.5 Å². The third kappa shape index (κ3) is 0.512. The zero-order valence-corrected chi connectivity index (χ0v) is 4.57. The van der Waals surface area contributed by atoms with Crippen LogP contribution in [0.2, 0.25) is 0 Å². The van der Waals surface area contributed by atoms with E-state index in [4.69, 9.17) is 5.11 Å². The van der Waals surface area contributed by atoms with E-state index in [1.807, 2.05) is 0 Å². The SMILES string of the molecule is Oc1cnc2c(c1)=CN=2. The molecule has 2 heterocycles. The maximum absolute atomic E-state index is 8.85. The van der Waals surface area contributed by atoms with E-state index < -0.39 is 0 Å². The summed E-state index contributed by atoms with van der Waals surface area (Å²) in [5.41, 5.74) is 0.716. The van der Waals surface area contributed by atoms with Gasteiger partial charge in [0, 0.05) is 11.4 Å². The van der Waals surface area contributed by atoms with Gasteiger partial charge in [0.05, 0.1) is 6.20 Å². The van der Waals surface area contributed by atoms with E-state index in [9.17, 15) is 0 Å². The summed E-state index contributed by atoms with van der Waals surface area (Å²) < 4.78 is 0. The maximum Gasteiger partial charge on any atom is 0.160 e. The maximum atomic E-state index is 8.85. The summed E-state index contributed by atoms with van der Waals surface area (Å²) in [6.45, 7) is 0. The van der Waals surface area contributed by atoms with Crippen molar-refractivity contribution in [2.75, 3.05) is 0 Å². The molecule has 0 atom stereocenters. The molecular formula is C6H4N2O. The molecule has 0 radical (unpaired) electrons. The van der Waals surface area contributed by atoms with Crippen molar-refractivity contribution in [1.82, 2.24) is 4.98 Å². The van der Waals surface area contributed by atoms with Gasteiger partial charge in [-0.05, 0) is 6.07 Å². The zero-order chi connectivity index (χ0) is 6.27. The van der Waals surface area contributed by atoms with Crippen molar-refractivity contribution in [2.24, 2.45) is 4.99 Å². The highest BCUT2D eigenvalue weighted by Gasteiger charge is 1.95. The number of rotatable bonds is 0. The van der Waals surface area contributed by atoms with Crippen LogP contribution in [0, 0.1) is 0 Å². The second-order valence-corrected chi connectivity index (χ2v) is 1.86. The van der Waals surface area contributed by atoms with E-state index in [1.54, 1.807) is 12.3 Å². The van der Waals surface area contributed by atoms with Crippen molar-refractivity contribution in [3.63, 3.8) is 0 Å². The van der Waals surface area contributed by atoms with Gasteiger partial charge in [0.15, 0.2) is 5.49 Å². The number of fused-ring (bicyclic) bond motifs is 1. The van der Waals surface area contributed by atoms with Crippen LogP contribution < -0.4 is 10.7 Å². The Bertz CT molecular complexity index is 356. The second kappa shape index (κ2) is 1.31. The Balaban J connectivity index is 2.88. The first-order valence-corrected chi connectivity index (χ1v) is 2.59. The molecule has 2 rings (SSSR count). The summed E-state index contributed by atoms with van der Waals surface area (Å²) in [6.07, 6.45) is 3.05. The fourth-order valence-electron chi connectivity index (χ4n) is 0.730. The van der Waals surface area contributed by atoms with Gasteiger partial charge in [0.25, 0.3) is 0 Å². The van der Waals surface area contributed by atoms with Gasteiger partial charge in [-0.15, -0.1) is 0 Å². The molecule has 0 unspecified atom stereocenters. The van der Waals surface area contributed by atoms with Crippen LogP contribution in [0.5, 0.6) is 5.75 Å². The lowest BCUT2D eigenvalue weighted by molar-refractivity contribution is 0.471. The third-order valence-corrected chi connectivity index (χ3v) is 1.21. The Kier molecular flexibility index (Phi) is 0.656. The fourth-order valence-corrected chi connectivity index (χ4v) is 0.730. The number of aromatic nitrogens is 1. The van der Waals surface area contributed by atoms with Crippen molar-refractivity contribution in [3.05, 3.63) is 23.0 Å². The fraction of sp³-hybridized carbons (Fsp3) is 0. The van der Waals surface area contributed by atoms with Crippen LogP contribution in [0.15, 0.2) is 17.3 Å². The van der Waals surface area contributed by atoms with Crippen LogP contribution in [-0.2, 0) is 0 Å². The van der Waals surface area contributed by atoms with Crippen molar-refractivity contribution in [2.45, 2.75) is 0 Å². The van der Waals surface area contributed by atoms with E-state index in [0.717, 1.165) is 5.22 Å². The van der Waals surface area contributed by atoms with Gasteiger partial charge in [-0.1, -0.05) is 0 Å². The normalized spacial score (nSPS) is 12.4. The Morgan fingerprint density at radius 2 is 2.33 bits per heavy atom. The quantitative estimate of drug-likeness (QED) is 0.485. The van der Waals surface area contributed by atoms with Gasteiger partial charge in [-0.25, -0.2) is 9.98 Å². The Hall–Kier alpha value is -1.38. The van der Waals surface area contributed by atoms with Gasteiger partial charge >= 0.3 is 0 Å². The van der Waals surface area contributed by atoms with Crippen LogP contribution in [0.1, 0.15) is 0 Å². The van der Waals surface area contributed by atoms with E-state index in [1.165, 1.54) is 6.20 Å². The molecule has 3 nitrogen and oxygen atoms in total. The first-order valence-electron chi connectivity index (χ1n) is 2.59. The molecule has 0 saturated heterocycles. The van der Waals surface area contributed by atoms with E-state index >= 15 is 0 Å². The summed E-state index contributed by atoms with van der Waals surface area (Å²) in [5, 5.41) is 9.76.